The van der Waals surface area contributed by atoms with E-state index in [4.69, 9.17) is 19.9 Å². The monoisotopic (exact) mass is 313 g/mol. The molecule has 0 aromatic heterocycles. The van der Waals surface area contributed by atoms with Gasteiger partial charge < -0.3 is 19.9 Å². The summed E-state index contributed by atoms with van der Waals surface area (Å²) in [6.45, 7) is 5.69. The van der Waals surface area contributed by atoms with E-state index in [1.54, 1.807) is 0 Å². The molecule has 2 aromatic rings. The lowest BCUT2D eigenvalue weighted by molar-refractivity contribution is 0.174. The number of hydrogen-bond donors (Lipinski definition) is 1. The lowest BCUT2D eigenvalue weighted by Gasteiger charge is -2.17. The summed E-state index contributed by atoms with van der Waals surface area (Å²) in [5.74, 6) is 2.80. The Bertz CT molecular complexity index is 684. The maximum Gasteiger partial charge on any atom is 0.231 e. The topological polar surface area (TPSA) is 53.7 Å². The lowest BCUT2D eigenvalue weighted by Crippen LogP contribution is -2.15. The Kier molecular flexibility index (Phi) is 4.72. The predicted octanol–water partition coefficient (Wildman–Crippen LogP) is 3.54. The Morgan fingerprint density at radius 3 is 2.78 bits per heavy atom. The van der Waals surface area contributed by atoms with Crippen LogP contribution in [-0.2, 0) is 0 Å². The van der Waals surface area contributed by atoms with Crippen LogP contribution in [0, 0.1) is 13.8 Å². The van der Waals surface area contributed by atoms with Gasteiger partial charge in [-0.05, 0) is 67.6 Å². The molecule has 0 aliphatic carbocycles. The minimum absolute atomic E-state index is 0.245. The molecule has 1 heterocycles. The Hall–Kier alpha value is -2.20. The van der Waals surface area contributed by atoms with Crippen LogP contribution in [0.15, 0.2) is 36.4 Å². The van der Waals surface area contributed by atoms with E-state index in [1.165, 1.54) is 16.7 Å². The smallest absolute Gasteiger partial charge is 0.231 e. The number of aryl methyl sites for hydroxylation is 1. The molecule has 122 valence electrons. The Morgan fingerprint density at radius 2 is 1.96 bits per heavy atom. The fraction of sp³-hybridized carbons (Fsp3) is 0.368. The highest BCUT2D eigenvalue weighted by molar-refractivity contribution is 5.45. The third kappa shape index (κ3) is 3.42. The van der Waals surface area contributed by atoms with Crippen LogP contribution in [-0.4, -0.2) is 19.9 Å². The number of rotatable bonds is 6. The van der Waals surface area contributed by atoms with Gasteiger partial charge in [-0.25, -0.2) is 0 Å². The molecule has 2 N–H and O–H groups in total. The van der Waals surface area contributed by atoms with E-state index >= 15 is 0 Å². The average Bonchev–Trinajstić information content (AvgIpc) is 3.03. The van der Waals surface area contributed by atoms with Gasteiger partial charge in [-0.3, -0.25) is 0 Å². The lowest BCUT2D eigenvalue weighted by atomic mass is 9.96. The van der Waals surface area contributed by atoms with Crippen molar-refractivity contribution in [3.05, 3.63) is 53.1 Å². The zero-order chi connectivity index (χ0) is 16.2. The maximum atomic E-state index is 5.96. The van der Waals surface area contributed by atoms with Crippen molar-refractivity contribution in [1.82, 2.24) is 0 Å². The first kappa shape index (κ1) is 15.7. The van der Waals surface area contributed by atoms with Gasteiger partial charge in [-0.15, -0.1) is 0 Å². The van der Waals surface area contributed by atoms with Crippen molar-refractivity contribution in [2.24, 2.45) is 5.73 Å². The predicted molar refractivity (Wildman–Crippen MR) is 90.4 cm³/mol. The second-order valence-electron chi connectivity index (χ2n) is 5.88. The van der Waals surface area contributed by atoms with Crippen molar-refractivity contribution >= 4 is 0 Å². The van der Waals surface area contributed by atoms with E-state index in [-0.39, 0.29) is 5.92 Å². The van der Waals surface area contributed by atoms with Gasteiger partial charge in [0.05, 0.1) is 6.61 Å². The number of ether oxygens (including phenoxy) is 3. The van der Waals surface area contributed by atoms with Crippen LogP contribution < -0.4 is 19.9 Å². The van der Waals surface area contributed by atoms with Crippen LogP contribution in [0.5, 0.6) is 17.2 Å². The van der Waals surface area contributed by atoms with Crippen LogP contribution in [0.25, 0.3) is 0 Å². The summed E-state index contributed by atoms with van der Waals surface area (Å²) in [5.41, 5.74) is 9.56. The van der Waals surface area contributed by atoms with Gasteiger partial charge in [-0.2, -0.15) is 0 Å². The molecule has 2 aromatic carbocycles. The highest BCUT2D eigenvalue weighted by Gasteiger charge is 2.17. The molecule has 0 spiro atoms. The molecule has 3 rings (SSSR count). The van der Waals surface area contributed by atoms with Gasteiger partial charge in [0, 0.05) is 0 Å². The van der Waals surface area contributed by atoms with Crippen LogP contribution in [0.3, 0.4) is 0 Å². The number of hydrogen-bond acceptors (Lipinski definition) is 4. The van der Waals surface area contributed by atoms with Crippen molar-refractivity contribution in [3.8, 4) is 17.2 Å². The zero-order valence-corrected chi connectivity index (χ0v) is 13.7. The molecule has 0 radical (unpaired) electrons. The third-order valence-electron chi connectivity index (χ3n) is 4.43. The summed E-state index contributed by atoms with van der Waals surface area (Å²) in [7, 11) is 0. The maximum absolute atomic E-state index is 5.96. The van der Waals surface area contributed by atoms with Crippen LogP contribution >= 0.6 is 0 Å². The molecule has 1 aliphatic heterocycles. The molecule has 0 saturated heterocycles. The summed E-state index contributed by atoms with van der Waals surface area (Å²) in [6, 6.07) is 12.2. The first-order valence-electron chi connectivity index (χ1n) is 7.97. The van der Waals surface area contributed by atoms with Gasteiger partial charge in [0.15, 0.2) is 11.5 Å². The van der Waals surface area contributed by atoms with E-state index < -0.39 is 0 Å². The molecular formula is C19H23NO3. The Labute approximate surface area is 137 Å². The number of fused-ring (bicyclic) bond motifs is 1. The Morgan fingerprint density at radius 1 is 1.13 bits per heavy atom. The van der Waals surface area contributed by atoms with E-state index in [0.29, 0.717) is 19.9 Å². The van der Waals surface area contributed by atoms with Crippen molar-refractivity contribution in [1.29, 1.82) is 0 Å². The summed E-state index contributed by atoms with van der Waals surface area (Å²) in [6.07, 6.45) is 0.865. The van der Waals surface area contributed by atoms with E-state index in [2.05, 4.69) is 26.0 Å². The number of nitrogens with two attached hydrogens (primary N) is 1. The van der Waals surface area contributed by atoms with Crippen molar-refractivity contribution in [2.45, 2.75) is 26.2 Å². The zero-order valence-electron chi connectivity index (χ0n) is 13.7. The highest BCUT2D eigenvalue weighted by atomic mass is 16.7. The minimum Gasteiger partial charge on any atom is -0.493 e. The molecule has 0 amide bonds. The van der Waals surface area contributed by atoms with E-state index in [9.17, 15) is 0 Å². The SMILES string of the molecule is Cc1cccc(OCCC(CN)c2ccc3c(c2)OCO3)c1C. The van der Waals surface area contributed by atoms with Crippen LogP contribution in [0.2, 0.25) is 0 Å². The average molecular weight is 313 g/mol. The summed E-state index contributed by atoms with van der Waals surface area (Å²) < 4.78 is 16.7. The fourth-order valence-corrected chi connectivity index (χ4v) is 2.78. The first-order chi connectivity index (χ1) is 11.2. The highest BCUT2D eigenvalue weighted by Crippen LogP contribution is 2.35. The van der Waals surface area contributed by atoms with Gasteiger partial charge in [0.1, 0.15) is 5.75 Å². The molecule has 1 unspecified atom stereocenters. The van der Waals surface area contributed by atoms with Gasteiger partial charge in [-0.1, -0.05) is 18.2 Å². The first-order valence-corrected chi connectivity index (χ1v) is 7.97. The molecule has 4 heteroatoms. The summed E-state index contributed by atoms with van der Waals surface area (Å²) >= 11 is 0. The fourth-order valence-electron chi connectivity index (χ4n) is 2.78. The largest absolute Gasteiger partial charge is 0.493 e. The molecule has 0 fully saturated rings. The van der Waals surface area contributed by atoms with Crippen molar-refractivity contribution in [3.63, 3.8) is 0 Å². The van der Waals surface area contributed by atoms with E-state index in [1.807, 2.05) is 24.3 Å². The molecule has 23 heavy (non-hydrogen) atoms. The van der Waals surface area contributed by atoms with Crippen LogP contribution in [0.4, 0.5) is 0 Å². The minimum atomic E-state index is 0.245. The van der Waals surface area contributed by atoms with Gasteiger partial charge in [0.2, 0.25) is 6.79 Å². The van der Waals surface area contributed by atoms with E-state index in [0.717, 1.165) is 23.7 Å². The molecule has 0 saturated carbocycles. The van der Waals surface area contributed by atoms with Gasteiger partial charge >= 0.3 is 0 Å². The standard InChI is InChI=1S/C19H23NO3/c1-13-4-3-5-17(14(13)2)21-9-8-16(11-20)15-6-7-18-19(10-15)23-12-22-18/h3-7,10,16H,8-9,11-12,20H2,1-2H3. The van der Waals surface area contributed by atoms with Crippen molar-refractivity contribution in [2.75, 3.05) is 19.9 Å². The summed E-state index contributed by atoms with van der Waals surface area (Å²) in [5, 5.41) is 0. The molecule has 0 bridgehead atoms. The third-order valence-corrected chi connectivity index (χ3v) is 4.43. The summed E-state index contributed by atoms with van der Waals surface area (Å²) in [4.78, 5) is 0. The quantitative estimate of drug-likeness (QED) is 0.886. The molecular weight excluding hydrogens is 290 g/mol. The second kappa shape index (κ2) is 6.92. The molecule has 1 aliphatic rings. The second-order valence-corrected chi connectivity index (χ2v) is 5.88. The number of benzene rings is 2. The van der Waals surface area contributed by atoms with Crippen LogP contribution in [0.1, 0.15) is 29.0 Å². The van der Waals surface area contributed by atoms with Crippen molar-refractivity contribution < 1.29 is 14.2 Å². The molecule has 1 atom stereocenters. The normalized spacial score (nSPS) is 13.9. The molecule has 4 nitrogen and oxygen atoms in total. The van der Waals surface area contributed by atoms with Gasteiger partial charge in [0.25, 0.3) is 0 Å². The Balaban J connectivity index is 1.63.